The van der Waals surface area contributed by atoms with E-state index >= 15 is 0 Å². The Kier molecular flexibility index (Phi) is 3.81. The largest absolute Gasteiger partial charge is 0.381 e. The van der Waals surface area contributed by atoms with Crippen molar-refractivity contribution in [3.8, 4) is 0 Å². The van der Waals surface area contributed by atoms with Crippen molar-refractivity contribution in [3.05, 3.63) is 0 Å². The summed E-state index contributed by atoms with van der Waals surface area (Å²) in [6.45, 7) is 11.7. The summed E-state index contributed by atoms with van der Waals surface area (Å²) in [6.07, 6.45) is 3.50. The molecular formula is C14H27NO2. The fraction of sp³-hybridized carbons (Fsp3) is 1.00. The maximum atomic E-state index is 6.10. The molecule has 17 heavy (non-hydrogen) atoms. The van der Waals surface area contributed by atoms with Crippen molar-refractivity contribution in [3.63, 3.8) is 0 Å². The second-order valence-electron chi connectivity index (χ2n) is 6.69. The SMILES string of the molecule is CC1(C)CC(NCC2CCOCC2)C(C)(C)O1. The summed E-state index contributed by atoms with van der Waals surface area (Å²) < 4.78 is 11.5. The molecule has 2 heterocycles. The standard InChI is InChI=1S/C14H27NO2/c1-13(2)9-12(14(3,4)17-13)15-10-11-5-7-16-8-6-11/h11-12,15H,5-10H2,1-4H3. The third-order valence-corrected chi connectivity index (χ3v) is 4.07. The lowest BCUT2D eigenvalue weighted by Gasteiger charge is -2.30. The van der Waals surface area contributed by atoms with Crippen LogP contribution in [0.4, 0.5) is 0 Å². The van der Waals surface area contributed by atoms with Crippen molar-refractivity contribution in [2.24, 2.45) is 5.92 Å². The van der Waals surface area contributed by atoms with Crippen LogP contribution in [0.1, 0.15) is 47.0 Å². The van der Waals surface area contributed by atoms with Crippen LogP contribution < -0.4 is 5.32 Å². The van der Waals surface area contributed by atoms with Crippen molar-refractivity contribution >= 4 is 0 Å². The fourth-order valence-electron chi connectivity index (χ4n) is 3.14. The van der Waals surface area contributed by atoms with Gasteiger partial charge in [-0.2, -0.15) is 0 Å². The predicted molar refractivity (Wildman–Crippen MR) is 69.2 cm³/mol. The molecular weight excluding hydrogens is 214 g/mol. The molecule has 0 radical (unpaired) electrons. The molecule has 1 N–H and O–H groups in total. The third kappa shape index (κ3) is 3.43. The number of nitrogens with one attached hydrogen (secondary N) is 1. The first-order valence-corrected chi connectivity index (χ1v) is 6.90. The summed E-state index contributed by atoms with van der Waals surface area (Å²) in [5.41, 5.74) is -0.0362. The Labute approximate surface area is 105 Å². The van der Waals surface area contributed by atoms with Crippen LogP contribution in [0.2, 0.25) is 0 Å². The van der Waals surface area contributed by atoms with Gasteiger partial charge in [-0.25, -0.2) is 0 Å². The molecule has 2 aliphatic rings. The first kappa shape index (κ1) is 13.3. The Morgan fingerprint density at radius 3 is 2.29 bits per heavy atom. The van der Waals surface area contributed by atoms with E-state index in [9.17, 15) is 0 Å². The second-order valence-corrected chi connectivity index (χ2v) is 6.69. The Hall–Kier alpha value is -0.120. The number of hydrogen-bond donors (Lipinski definition) is 1. The van der Waals surface area contributed by atoms with E-state index in [1.54, 1.807) is 0 Å². The highest BCUT2D eigenvalue weighted by Gasteiger charge is 2.45. The van der Waals surface area contributed by atoms with E-state index in [-0.39, 0.29) is 11.2 Å². The lowest BCUT2D eigenvalue weighted by molar-refractivity contribution is -0.0701. The highest BCUT2D eigenvalue weighted by atomic mass is 16.5. The Morgan fingerprint density at radius 2 is 1.76 bits per heavy atom. The van der Waals surface area contributed by atoms with E-state index in [1.807, 2.05) is 0 Å². The van der Waals surface area contributed by atoms with Crippen LogP contribution in [0.3, 0.4) is 0 Å². The minimum absolute atomic E-state index is 0.0108. The van der Waals surface area contributed by atoms with E-state index in [0.29, 0.717) is 6.04 Å². The lowest BCUT2D eigenvalue weighted by Crippen LogP contribution is -2.45. The zero-order chi connectivity index (χ0) is 12.5. The average Bonchev–Trinajstić information content (AvgIpc) is 2.45. The van der Waals surface area contributed by atoms with Crippen molar-refractivity contribution in [2.75, 3.05) is 19.8 Å². The summed E-state index contributed by atoms with van der Waals surface area (Å²) in [6, 6.07) is 0.473. The van der Waals surface area contributed by atoms with Gasteiger partial charge >= 0.3 is 0 Å². The Morgan fingerprint density at radius 1 is 1.12 bits per heavy atom. The molecule has 1 atom stereocenters. The van der Waals surface area contributed by atoms with Crippen LogP contribution in [0.25, 0.3) is 0 Å². The van der Waals surface area contributed by atoms with Crippen molar-refractivity contribution in [2.45, 2.75) is 64.2 Å². The van der Waals surface area contributed by atoms with Gasteiger partial charge in [0, 0.05) is 19.3 Å². The molecule has 0 bridgehead atoms. The normalized spacial score (nSPS) is 32.8. The van der Waals surface area contributed by atoms with Gasteiger partial charge in [0.15, 0.2) is 0 Å². The van der Waals surface area contributed by atoms with Gasteiger partial charge in [-0.05, 0) is 59.4 Å². The van der Waals surface area contributed by atoms with Gasteiger partial charge in [0.25, 0.3) is 0 Å². The maximum absolute atomic E-state index is 6.10. The highest BCUT2D eigenvalue weighted by molar-refractivity contribution is 4.99. The minimum atomic E-state index is -0.0470. The zero-order valence-corrected chi connectivity index (χ0v) is 11.7. The monoisotopic (exact) mass is 241 g/mol. The molecule has 2 fully saturated rings. The molecule has 0 aromatic heterocycles. The summed E-state index contributed by atoms with van der Waals surface area (Å²) in [5, 5.41) is 3.72. The van der Waals surface area contributed by atoms with Gasteiger partial charge in [0.05, 0.1) is 11.2 Å². The average molecular weight is 241 g/mol. The first-order valence-electron chi connectivity index (χ1n) is 6.90. The van der Waals surface area contributed by atoms with E-state index in [4.69, 9.17) is 9.47 Å². The van der Waals surface area contributed by atoms with E-state index in [1.165, 1.54) is 12.8 Å². The van der Waals surface area contributed by atoms with Crippen LogP contribution >= 0.6 is 0 Å². The minimum Gasteiger partial charge on any atom is -0.381 e. The van der Waals surface area contributed by atoms with Gasteiger partial charge in [0.2, 0.25) is 0 Å². The zero-order valence-electron chi connectivity index (χ0n) is 11.7. The maximum Gasteiger partial charge on any atom is 0.0787 e. The van der Waals surface area contributed by atoms with E-state index in [2.05, 4.69) is 33.0 Å². The molecule has 100 valence electrons. The van der Waals surface area contributed by atoms with Crippen molar-refractivity contribution < 1.29 is 9.47 Å². The number of rotatable bonds is 3. The summed E-state index contributed by atoms with van der Waals surface area (Å²) >= 11 is 0. The molecule has 2 rings (SSSR count). The number of hydrogen-bond acceptors (Lipinski definition) is 3. The van der Waals surface area contributed by atoms with Crippen LogP contribution in [0.5, 0.6) is 0 Å². The summed E-state index contributed by atoms with van der Waals surface area (Å²) in [5.74, 6) is 0.781. The molecule has 0 aliphatic carbocycles. The van der Waals surface area contributed by atoms with Crippen LogP contribution in [-0.4, -0.2) is 37.0 Å². The quantitative estimate of drug-likeness (QED) is 0.822. The predicted octanol–water partition coefficient (Wildman–Crippen LogP) is 2.35. The Balaban J connectivity index is 1.82. The topological polar surface area (TPSA) is 30.5 Å². The van der Waals surface area contributed by atoms with Gasteiger partial charge in [-0.3, -0.25) is 0 Å². The second kappa shape index (κ2) is 4.87. The van der Waals surface area contributed by atoms with E-state index in [0.717, 1.165) is 32.1 Å². The summed E-state index contributed by atoms with van der Waals surface area (Å²) in [4.78, 5) is 0. The Bertz CT molecular complexity index is 257. The molecule has 0 aromatic carbocycles. The fourth-order valence-corrected chi connectivity index (χ4v) is 3.14. The molecule has 1 unspecified atom stereocenters. The molecule has 0 aromatic rings. The van der Waals surface area contributed by atoms with Gasteiger partial charge in [-0.1, -0.05) is 0 Å². The van der Waals surface area contributed by atoms with Gasteiger partial charge in [-0.15, -0.1) is 0 Å². The highest BCUT2D eigenvalue weighted by Crippen LogP contribution is 2.37. The van der Waals surface area contributed by atoms with Crippen molar-refractivity contribution in [1.29, 1.82) is 0 Å². The van der Waals surface area contributed by atoms with Crippen LogP contribution in [0, 0.1) is 5.92 Å². The first-order chi connectivity index (χ1) is 7.89. The molecule has 2 aliphatic heterocycles. The molecule has 0 saturated carbocycles. The van der Waals surface area contributed by atoms with E-state index < -0.39 is 0 Å². The van der Waals surface area contributed by atoms with Crippen molar-refractivity contribution in [1.82, 2.24) is 5.32 Å². The smallest absolute Gasteiger partial charge is 0.0787 e. The summed E-state index contributed by atoms with van der Waals surface area (Å²) in [7, 11) is 0. The molecule has 0 amide bonds. The molecule has 3 nitrogen and oxygen atoms in total. The van der Waals surface area contributed by atoms with Gasteiger partial charge in [0.1, 0.15) is 0 Å². The molecule has 0 spiro atoms. The lowest BCUT2D eigenvalue weighted by atomic mass is 9.93. The molecule has 2 saturated heterocycles. The van der Waals surface area contributed by atoms with Gasteiger partial charge < -0.3 is 14.8 Å². The third-order valence-electron chi connectivity index (χ3n) is 4.07. The van der Waals surface area contributed by atoms with Crippen LogP contribution in [0.15, 0.2) is 0 Å². The molecule has 3 heteroatoms. The number of ether oxygens (including phenoxy) is 2. The van der Waals surface area contributed by atoms with Crippen LogP contribution in [-0.2, 0) is 9.47 Å².